The van der Waals surface area contributed by atoms with E-state index in [1.54, 1.807) is 6.08 Å². The highest BCUT2D eigenvalue weighted by Gasteiger charge is 2.44. The fourth-order valence-corrected chi connectivity index (χ4v) is 10.6. The first-order valence-electron chi connectivity index (χ1n) is 34.7. The number of aliphatic hydroxyl groups excluding tert-OH is 5. The second kappa shape index (κ2) is 60.8. The SMILES string of the molecule is C/C=C/CC/C=C/CC/C=C/C(O)C(COC1OC(CO)C(O)C(O)C1O)NC(=O)CCCCCCCCCCCCCCCCCCC/C=C\C/C=C\CCCCCCCCCCCCCOC(=O)CCCCCCC/C=C\CCCC. The van der Waals surface area contributed by atoms with E-state index >= 15 is 0 Å². The number of carbonyl (C=O) groups excluding carboxylic acids is 2. The van der Waals surface area contributed by atoms with Gasteiger partial charge in [0.2, 0.25) is 5.91 Å². The first kappa shape index (κ1) is 78.1. The number of aliphatic hydroxyl groups is 5. The van der Waals surface area contributed by atoms with Crippen LogP contribution in [0.5, 0.6) is 0 Å². The molecule has 0 aliphatic carbocycles. The Labute approximate surface area is 509 Å². The van der Waals surface area contributed by atoms with Crippen LogP contribution in [0.3, 0.4) is 0 Å². The normalized spacial score (nSPS) is 18.6. The first-order valence-corrected chi connectivity index (χ1v) is 34.7. The minimum absolute atomic E-state index is 0.00200. The summed E-state index contributed by atoms with van der Waals surface area (Å²) < 4.78 is 16.7. The van der Waals surface area contributed by atoms with Crippen LogP contribution in [0, 0.1) is 0 Å². The highest BCUT2D eigenvalue weighted by Crippen LogP contribution is 2.23. The topological polar surface area (TPSA) is 175 Å². The van der Waals surface area contributed by atoms with Crippen molar-refractivity contribution in [2.24, 2.45) is 0 Å². The molecule has 0 spiro atoms. The number of nitrogens with one attached hydrogen (secondary N) is 1. The second-order valence-electron chi connectivity index (χ2n) is 23.9. The van der Waals surface area contributed by atoms with Crippen molar-refractivity contribution >= 4 is 11.9 Å². The fraction of sp³-hybridized carbons (Fsp3) is 0.806. The molecule has 0 aromatic carbocycles. The van der Waals surface area contributed by atoms with Crippen LogP contribution in [0.15, 0.2) is 72.9 Å². The smallest absolute Gasteiger partial charge is 0.305 e. The summed E-state index contributed by atoms with van der Waals surface area (Å²) >= 11 is 0. The van der Waals surface area contributed by atoms with Crippen LogP contribution in [-0.4, -0.2) is 100 Å². The summed E-state index contributed by atoms with van der Waals surface area (Å²) in [7, 11) is 0. The Morgan fingerprint density at radius 2 is 0.867 bits per heavy atom. The maximum absolute atomic E-state index is 13.0. The molecule has 0 aromatic heterocycles. The summed E-state index contributed by atoms with van der Waals surface area (Å²) in [5.74, 6) is -0.199. The average molecular weight is 1170 g/mol. The monoisotopic (exact) mass is 1170 g/mol. The third-order valence-corrected chi connectivity index (χ3v) is 16.1. The van der Waals surface area contributed by atoms with E-state index in [1.165, 1.54) is 212 Å². The summed E-state index contributed by atoms with van der Waals surface area (Å²) in [6.45, 7) is 4.06. The van der Waals surface area contributed by atoms with Crippen molar-refractivity contribution in [3.05, 3.63) is 72.9 Å². The Morgan fingerprint density at radius 3 is 1.34 bits per heavy atom. The summed E-state index contributed by atoms with van der Waals surface area (Å²) in [6.07, 6.45) is 72.3. The molecule has 0 bridgehead atoms. The zero-order valence-electron chi connectivity index (χ0n) is 53.4. The molecule has 0 radical (unpaired) electrons. The van der Waals surface area contributed by atoms with Crippen LogP contribution in [0.4, 0.5) is 0 Å². The van der Waals surface area contributed by atoms with Gasteiger partial charge in [-0.25, -0.2) is 0 Å². The number of carbonyl (C=O) groups is 2. The van der Waals surface area contributed by atoms with Crippen molar-refractivity contribution in [2.45, 2.75) is 352 Å². The summed E-state index contributed by atoms with van der Waals surface area (Å²) in [5, 5.41) is 54.2. The van der Waals surface area contributed by atoms with Crippen molar-refractivity contribution in [1.29, 1.82) is 0 Å². The van der Waals surface area contributed by atoms with Gasteiger partial charge in [-0.05, 0) is 103 Å². The molecule has 1 rings (SSSR count). The summed E-state index contributed by atoms with van der Waals surface area (Å²) in [4.78, 5) is 25.0. The molecular weight excluding hydrogens is 1040 g/mol. The van der Waals surface area contributed by atoms with E-state index in [4.69, 9.17) is 14.2 Å². The molecule has 482 valence electrons. The molecule has 1 heterocycles. The van der Waals surface area contributed by atoms with Crippen LogP contribution in [0.25, 0.3) is 0 Å². The molecule has 1 saturated heterocycles. The molecule has 0 aromatic rings. The van der Waals surface area contributed by atoms with E-state index in [0.717, 1.165) is 70.6 Å². The van der Waals surface area contributed by atoms with Crippen molar-refractivity contribution in [3.63, 3.8) is 0 Å². The zero-order chi connectivity index (χ0) is 60.2. The highest BCUT2D eigenvalue weighted by atomic mass is 16.7. The van der Waals surface area contributed by atoms with Gasteiger partial charge in [0.05, 0.1) is 32.0 Å². The molecule has 11 nitrogen and oxygen atoms in total. The van der Waals surface area contributed by atoms with Crippen LogP contribution in [0.1, 0.15) is 309 Å². The number of hydrogen-bond acceptors (Lipinski definition) is 10. The summed E-state index contributed by atoms with van der Waals surface area (Å²) in [5.41, 5.74) is 0. The Balaban J connectivity index is 1.92. The third-order valence-electron chi connectivity index (χ3n) is 16.1. The number of esters is 1. The minimum atomic E-state index is -1.58. The van der Waals surface area contributed by atoms with Crippen LogP contribution in [0.2, 0.25) is 0 Å². The molecule has 0 saturated carbocycles. The van der Waals surface area contributed by atoms with E-state index in [1.807, 2.05) is 19.1 Å². The predicted molar refractivity (Wildman–Crippen MR) is 347 cm³/mol. The maximum Gasteiger partial charge on any atom is 0.305 e. The van der Waals surface area contributed by atoms with E-state index < -0.39 is 49.5 Å². The Morgan fingerprint density at radius 1 is 0.470 bits per heavy atom. The quantitative estimate of drug-likeness (QED) is 0.0195. The van der Waals surface area contributed by atoms with E-state index in [2.05, 4.69) is 66.9 Å². The Bertz CT molecular complexity index is 1610. The van der Waals surface area contributed by atoms with E-state index in [-0.39, 0.29) is 18.5 Å². The lowest BCUT2D eigenvalue weighted by atomic mass is 9.99. The standard InChI is InChI=1S/C72H129NO10/c1-3-5-7-9-11-13-39-44-48-52-56-60-68(77)81-61-57-53-49-45-41-38-36-34-32-30-28-26-24-22-20-18-16-14-15-17-19-21-23-25-27-29-31-33-35-37-40-43-47-51-55-59-67(76)73-64(65(75)58-54-50-46-42-12-10-8-6-4-2)63-82-72-71(80)70(79)69(78)66(62-74)83-72/h4,6,9,11-12,16,18,22,24,42,54,58,64-66,69-72,74-75,78-80H,3,5,7-8,10,13-15,17,19-21,23,25-41,43-53,55-57,59-63H2,1-2H3,(H,73,76)/b6-4+,11-9-,18-16-,24-22-,42-12+,58-54+. The molecule has 1 aliphatic heterocycles. The van der Waals surface area contributed by atoms with Crippen molar-refractivity contribution in [3.8, 4) is 0 Å². The van der Waals surface area contributed by atoms with E-state index in [0.29, 0.717) is 19.4 Å². The molecule has 83 heavy (non-hydrogen) atoms. The minimum Gasteiger partial charge on any atom is -0.466 e. The van der Waals surface area contributed by atoms with Crippen molar-refractivity contribution < 1.29 is 49.3 Å². The van der Waals surface area contributed by atoms with Gasteiger partial charge >= 0.3 is 5.97 Å². The molecule has 1 aliphatic rings. The lowest BCUT2D eigenvalue weighted by Gasteiger charge is -2.40. The number of hydrogen-bond donors (Lipinski definition) is 6. The van der Waals surface area contributed by atoms with Crippen molar-refractivity contribution in [2.75, 3.05) is 19.8 Å². The third kappa shape index (κ3) is 49.9. The fourth-order valence-electron chi connectivity index (χ4n) is 10.6. The van der Waals surface area contributed by atoms with E-state index in [9.17, 15) is 35.1 Å². The molecule has 1 amide bonds. The second-order valence-corrected chi connectivity index (χ2v) is 23.9. The van der Waals surface area contributed by atoms with Gasteiger partial charge in [0.1, 0.15) is 24.4 Å². The molecule has 6 N–H and O–H groups in total. The largest absolute Gasteiger partial charge is 0.466 e. The Kier molecular flexibility index (Phi) is 57.2. The van der Waals surface area contributed by atoms with Crippen LogP contribution >= 0.6 is 0 Å². The lowest BCUT2D eigenvalue weighted by molar-refractivity contribution is -0.302. The number of ether oxygens (including phenoxy) is 3. The molecule has 1 fully saturated rings. The van der Waals surface area contributed by atoms with Gasteiger partial charge in [0.15, 0.2) is 6.29 Å². The zero-order valence-corrected chi connectivity index (χ0v) is 53.4. The number of allylic oxidation sites excluding steroid dienone is 11. The van der Waals surface area contributed by atoms with Gasteiger partial charge in [0.25, 0.3) is 0 Å². The molecule has 7 unspecified atom stereocenters. The van der Waals surface area contributed by atoms with Crippen molar-refractivity contribution in [1.82, 2.24) is 5.32 Å². The van der Waals surface area contributed by atoms with Gasteiger partial charge < -0.3 is 45.1 Å². The van der Waals surface area contributed by atoms with Gasteiger partial charge in [-0.2, -0.15) is 0 Å². The first-order chi connectivity index (χ1) is 40.7. The number of amides is 1. The maximum atomic E-state index is 13.0. The predicted octanol–water partition coefficient (Wildman–Crippen LogP) is 17.5. The molecule has 11 heteroatoms. The van der Waals surface area contributed by atoms with Gasteiger partial charge in [-0.3, -0.25) is 9.59 Å². The molecular formula is C72H129NO10. The number of unbranched alkanes of at least 4 members (excludes halogenated alkanes) is 37. The number of rotatable bonds is 60. The summed E-state index contributed by atoms with van der Waals surface area (Å²) in [6, 6.07) is -0.833. The van der Waals surface area contributed by atoms with Gasteiger partial charge in [0, 0.05) is 12.8 Å². The average Bonchev–Trinajstić information content (AvgIpc) is 3.69. The van der Waals surface area contributed by atoms with Crippen LogP contribution < -0.4 is 5.32 Å². The highest BCUT2D eigenvalue weighted by molar-refractivity contribution is 5.76. The lowest BCUT2D eigenvalue weighted by Crippen LogP contribution is -2.60. The molecule has 7 atom stereocenters. The van der Waals surface area contributed by atoms with Crippen LogP contribution in [-0.2, 0) is 23.8 Å². The van der Waals surface area contributed by atoms with Gasteiger partial charge in [-0.15, -0.1) is 0 Å². The Hall–Kier alpha value is -2.90. The van der Waals surface area contributed by atoms with Gasteiger partial charge in [-0.1, -0.05) is 266 Å².